The van der Waals surface area contributed by atoms with Gasteiger partial charge in [-0.1, -0.05) is 70.4 Å². The standard InChI is InChI=1S/C35H52N2O3S2/c1-7-42-33(28-14-9-8-10-15-28)26(5)37(22-24(2)3)23-27-17-18-30(31(21-27)29-16-12-11-13-25(29)4)34(38)36-32(35(39)40)19-20-41-6/h11-13,16-18,21,24,26,28,32-33H,7-10,14-15,19-20,22-23H2,1-6H3,(H,36,38)(H,39,40)/t26?,32-,33?/m0/s1. The summed E-state index contributed by atoms with van der Waals surface area (Å²) < 4.78 is 0. The molecule has 7 heteroatoms. The maximum absolute atomic E-state index is 13.6. The highest BCUT2D eigenvalue weighted by Crippen LogP contribution is 2.37. The summed E-state index contributed by atoms with van der Waals surface area (Å²) in [7, 11) is 0. The number of carboxylic acid groups (broad SMARTS) is 1. The van der Waals surface area contributed by atoms with Gasteiger partial charge < -0.3 is 10.4 Å². The van der Waals surface area contributed by atoms with Crippen LogP contribution in [0, 0.1) is 18.8 Å². The number of nitrogens with zero attached hydrogens (tertiary/aromatic N) is 1. The van der Waals surface area contributed by atoms with Crippen LogP contribution < -0.4 is 5.32 Å². The summed E-state index contributed by atoms with van der Waals surface area (Å²) >= 11 is 3.71. The van der Waals surface area contributed by atoms with Crippen molar-refractivity contribution in [1.29, 1.82) is 0 Å². The Kier molecular flexibility index (Phi) is 14.3. The lowest BCUT2D eigenvalue weighted by atomic mass is 9.84. The van der Waals surface area contributed by atoms with Gasteiger partial charge in [-0.05, 0) is 97.1 Å². The quantitative estimate of drug-likeness (QED) is 0.199. The highest BCUT2D eigenvalue weighted by atomic mass is 32.2. The largest absolute Gasteiger partial charge is 0.480 e. The molecule has 1 aliphatic rings. The number of aliphatic carboxylic acids is 1. The van der Waals surface area contributed by atoms with Gasteiger partial charge in [-0.2, -0.15) is 23.5 Å². The lowest BCUT2D eigenvalue weighted by molar-refractivity contribution is -0.139. The average Bonchev–Trinajstić information content (AvgIpc) is 2.97. The first-order valence-corrected chi connectivity index (χ1v) is 18.2. The number of aryl methyl sites for hydroxylation is 1. The van der Waals surface area contributed by atoms with Crippen LogP contribution in [-0.2, 0) is 11.3 Å². The third-order valence-electron chi connectivity index (χ3n) is 8.49. The molecule has 3 rings (SSSR count). The maximum Gasteiger partial charge on any atom is 0.326 e. The van der Waals surface area contributed by atoms with E-state index in [0.717, 1.165) is 41.5 Å². The highest BCUT2D eigenvalue weighted by molar-refractivity contribution is 7.99. The van der Waals surface area contributed by atoms with Crippen molar-refractivity contribution in [2.75, 3.05) is 24.3 Å². The van der Waals surface area contributed by atoms with Crippen molar-refractivity contribution in [3.63, 3.8) is 0 Å². The third kappa shape index (κ3) is 9.78. The average molecular weight is 613 g/mol. The van der Waals surface area contributed by atoms with E-state index in [4.69, 9.17) is 0 Å². The van der Waals surface area contributed by atoms with Gasteiger partial charge in [-0.3, -0.25) is 9.69 Å². The molecule has 232 valence electrons. The van der Waals surface area contributed by atoms with Crippen LogP contribution in [0.4, 0.5) is 0 Å². The van der Waals surface area contributed by atoms with E-state index in [0.29, 0.717) is 34.9 Å². The molecule has 5 nitrogen and oxygen atoms in total. The van der Waals surface area contributed by atoms with E-state index < -0.39 is 12.0 Å². The first-order chi connectivity index (χ1) is 20.2. The van der Waals surface area contributed by atoms with Crippen LogP contribution in [0.25, 0.3) is 11.1 Å². The fraction of sp³-hybridized carbons (Fsp3) is 0.600. The van der Waals surface area contributed by atoms with Crippen molar-refractivity contribution >= 4 is 35.4 Å². The lowest BCUT2D eigenvalue weighted by Crippen LogP contribution is -2.45. The number of rotatable bonds is 16. The van der Waals surface area contributed by atoms with Crippen molar-refractivity contribution in [3.05, 3.63) is 59.2 Å². The molecule has 0 aromatic heterocycles. The molecule has 2 unspecified atom stereocenters. The first kappa shape index (κ1) is 34.5. The Morgan fingerprint density at radius 3 is 2.38 bits per heavy atom. The highest BCUT2D eigenvalue weighted by Gasteiger charge is 2.32. The molecular weight excluding hydrogens is 561 g/mol. The molecule has 1 fully saturated rings. The van der Waals surface area contributed by atoms with E-state index in [1.165, 1.54) is 37.7 Å². The topological polar surface area (TPSA) is 69.6 Å². The minimum Gasteiger partial charge on any atom is -0.480 e. The predicted molar refractivity (Wildman–Crippen MR) is 182 cm³/mol. The number of carbonyl (C=O) groups is 2. The molecule has 1 amide bonds. The second-order valence-corrected chi connectivity index (χ2v) is 14.7. The predicted octanol–water partition coefficient (Wildman–Crippen LogP) is 8.15. The van der Waals surface area contributed by atoms with E-state index in [1.54, 1.807) is 11.8 Å². The van der Waals surface area contributed by atoms with Crippen molar-refractivity contribution < 1.29 is 14.7 Å². The summed E-state index contributed by atoms with van der Waals surface area (Å²) in [5.74, 6) is 1.79. The van der Waals surface area contributed by atoms with Gasteiger partial charge in [-0.15, -0.1) is 0 Å². The molecule has 2 aromatic rings. The van der Waals surface area contributed by atoms with E-state index in [-0.39, 0.29) is 5.91 Å². The second kappa shape index (κ2) is 17.4. The zero-order valence-corrected chi connectivity index (χ0v) is 28.2. The first-order valence-electron chi connectivity index (χ1n) is 15.7. The molecule has 2 aromatic carbocycles. The molecule has 0 radical (unpaired) electrons. The molecule has 0 aliphatic heterocycles. The number of carboxylic acids is 1. The second-order valence-electron chi connectivity index (χ2n) is 12.2. The Morgan fingerprint density at radius 1 is 1.05 bits per heavy atom. The number of thioether (sulfide) groups is 2. The Labute approximate surface area is 263 Å². The maximum atomic E-state index is 13.6. The van der Waals surface area contributed by atoms with Gasteiger partial charge in [0.15, 0.2) is 0 Å². The molecule has 0 saturated heterocycles. The van der Waals surface area contributed by atoms with Gasteiger partial charge in [0, 0.05) is 29.9 Å². The molecule has 2 N–H and O–H groups in total. The van der Waals surface area contributed by atoms with Crippen molar-refractivity contribution in [2.45, 2.75) is 97.0 Å². The summed E-state index contributed by atoms with van der Waals surface area (Å²) in [6.07, 6.45) is 9.09. The number of nitrogens with one attached hydrogen (secondary N) is 1. The van der Waals surface area contributed by atoms with E-state index in [9.17, 15) is 14.7 Å². The summed E-state index contributed by atoms with van der Waals surface area (Å²) in [4.78, 5) is 28.1. The molecule has 0 heterocycles. The number of carbonyl (C=O) groups excluding carboxylic acids is 1. The van der Waals surface area contributed by atoms with Gasteiger partial charge in [0.1, 0.15) is 6.04 Å². The Bertz CT molecular complexity index is 1150. The van der Waals surface area contributed by atoms with Crippen LogP contribution >= 0.6 is 23.5 Å². The van der Waals surface area contributed by atoms with E-state index in [1.807, 2.05) is 24.5 Å². The van der Waals surface area contributed by atoms with Crippen LogP contribution in [0.5, 0.6) is 0 Å². The molecule has 0 bridgehead atoms. The Morgan fingerprint density at radius 2 is 1.76 bits per heavy atom. The van der Waals surface area contributed by atoms with E-state index in [2.05, 4.69) is 80.9 Å². The zero-order chi connectivity index (χ0) is 30.6. The lowest BCUT2D eigenvalue weighted by Gasteiger charge is -2.40. The van der Waals surface area contributed by atoms with Crippen LogP contribution in [0.15, 0.2) is 42.5 Å². The van der Waals surface area contributed by atoms with Gasteiger partial charge in [0.2, 0.25) is 0 Å². The molecule has 0 spiro atoms. The monoisotopic (exact) mass is 612 g/mol. The third-order valence-corrected chi connectivity index (χ3v) is 10.6. The Balaban J connectivity index is 1.97. The SMILES string of the molecule is CCSC(C1CCCCC1)C(C)N(Cc1ccc(C(=O)N[C@@H](CCSC)C(=O)O)c(-c2ccccc2C)c1)CC(C)C. The Hall–Kier alpha value is -1.96. The fourth-order valence-corrected chi connectivity index (χ4v) is 8.18. The molecule has 42 heavy (non-hydrogen) atoms. The number of amides is 1. The van der Waals surface area contributed by atoms with Gasteiger partial charge in [0.25, 0.3) is 5.91 Å². The van der Waals surface area contributed by atoms with Crippen molar-refractivity contribution in [1.82, 2.24) is 10.2 Å². The number of hydrogen-bond acceptors (Lipinski definition) is 5. The minimum absolute atomic E-state index is 0.336. The van der Waals surface area contributed by atoms with Gasteiger partial charge >= 0.3 is 5.97 Å². The number of benzene rings is 2. The summed E-state index contributed by atoms with van der Waals surface area (Å²) in [6, 6.07) is 13.8. The zero-order valence-electron chi connectivity index (χ0n) is 26.5. The smallest absolute Gasteiger partial charge is 0.326 e. The molecule has 3 atom stereocenters. The number of hydrogen-bond donors (Lipinski definition) is 2. The van der Waals surface area contributed by atoms with Crippen LogP contribution in [0.1, 0.15) is 87.7 Å². The molecule has 1 saturated carbocycles. The molecule has 1 aliphatic carbocycles. The normalized spacial score (nSPS) is 16.4. The van der Waals surface area contributed by atoms with Crippen molar-refractivity contribution in [2.24, 2.45) is 11.8 Å². The van der Waals surface area contributed by atoms with Crippen LogP contribution in [-0.4, -0.2) is 63.5 Å². The van der Waals surface area contributed by atoms with Crippen LogP contribution in [0.3, 0.4) is 0 Å². The van der Waals surface area contributed by atoms with Crippen molar-refractivity contribution in [3.8, 4) is 11.1 Å². The summed E-state index contributed by atoms with van der Waals surface area (Å²) in [5.41, 5.74) is 4.66. The summed E-state index contributed by atoms with van der Waals surface area (Å²) in [6.45, 7) is 13.2. The van der Waals surface area contributed by atoms with Gasteiger partial charge in [0.05, 0.1) is 0 Å². The minimum atomic E-state index is -0.998. The molecular formula is C35H52N2O3S2. The van der Waals surface area contributed by atoms with Gasteiger partial charge in [-0.25, -0.2) is 4.79 Å². The fourth-order valence-electron chi connectivity index (χ4n) is 6.33. The summed E-state index contributed by atoms with van der Waals surface area (Å²) in [5, 5.41) is 13.2. The van der Waals surface area contributed by atoms with Crippen LogP contribution in [0.2, 0.25) is 0 Å². The van der Waals surface area contributed by atoms with E-state index >= 15 is 0 Å².